The lowest BCUT2D eigenvalue weighted by Crippen LogP contribution is -2.24. The largest absolute Gasteiger partial charge is 0.396 e. The van der Waals surface area contributed by atoms with Crippen LogP contribution in [0.5, 0.6) is 0 Å². The maximum atomic E-state index is 11.3. The quantitative estimate of drug-likeness (QED) is 0.210. The monoisotopic (exact) mass is 335 g/mol. The minimum atomic E-state index is -1.19. The first-order chi connectivity index (χ1) is 10.3. The Kier molecular flexibility index (Phi) is 6.78. The Morgan fingerprint density at radius 1 is 1.32 bits per heavy atom. The van der Waals surface area contributed by atoms with Gasteiger partial charge in [-0.1, -0.05) is 11.6 Å². The summed E-state index contributed by atoms with van der Waals surface area (Å²) in [6, 6.07) is 1.25. The van der Waals surface area contributed by atoms with Gasteiger partial charge in [0.05, 0.1) is 41.1 Å². The van der Waals surface area contributed by atoms with Crippen LogP contribution in [0.25, 0.3) is 0 Å². The summed E-state index contributed by atoms with van der Waals surface area (Å²) in [6.07, 6.45) is -2.51. The molecule has 10 heteroatoms. The fraction of sp³-hybridized carbons (Fsp3) is 0.500. The molecule has 1 aromatic rings. The van der Waals surface area contributed by atoms with Crippen LogP contribution in [0.1, 0.15) is 5.56 Å². The molecule has 124 valence electrons. The van der Waals surface area contributed by atoms with Gasteiger partial charge in [0.25, 0.3) is 5.69 Å². The van der Waals surface area contributed by atoms with E-state index in [2.05, 4.69) is 5.32 Å². The molecule has 1 aromatic carbocycles. The van der Waals surface area contributed by atoms with Gasteiger partial charge in [-0.2, -0.15) is 0 Å². The van der Waals surface area contributed by atoms with Gasteiger partial charge in [0.2, 0.25) is 0 Å². The van der Waals surface area contributed by atoms with Crippen molar-refractivity contribution in [3.05, 3.63) is 26.8 Å². The minimum absolute atomic E-state index is 0.0340. The molecule has 22 heavy (non-hydrogen) atoms. The van der Waals surface area contributed by atoms with Crippen LogP contribution >= 0.6 is 11.6 Å². The number of nitro groups is 1. The Morgan fingerprint density at radius 3 is 2.41 bits per heavy atom. The lowest BCUT2D eigenvalue weighted by molar-refractivity contribution is -0.384. The van der Waals surface area contributed by atoms with Gasteiger partial charge in [0, 0.05) is 18.5 Å². The predicted octanol–water partition coefficient (Wildman–Crippen LogP) is -0.509. The van der Waals surface area contributed by atoms with E-state index in [-0.39, 0.29) is 34.9 Å². The van der Waals surface area contributed by atoms with Crippen LogP contribution in [-0.2, 0) is 6.42 Å². The van der Waals surface area contributed by atoms with Crippen molar-refractivity contribution in [1.29, 1.82) is 0 Å². The number of benzene rings is 1. The van der Waals surface area contributed by atoms with Gasteiger partial charge >= 0.3 is 0 Å². The summed E-state index contributed by atoms with van der Waals surface area (Å²) in [5, 5.41) is 50.4. The molecule has 0 bridgehead atoms. The first-order valence-electron chi connectivity index (χ1n) is 6.38. The molecule has 9 nitrogen and oxygen atoms in total. The summed E-state index contributed by atoms with van der Waals surface area (Å²) in [5.41, 5.74) is 5.22. The zero-order chi connectivity index (χ0) is 16.9. The highest BCUT2D eigenvalue weighted by Crippen LogP contribution is 2.39. The maximum Gasteiger partial charge on any atom is 0.297 e. The predicted molar refractivity (Wildman–Crippen MR) is 80.9 cm³/mol. The summed E-state index contributed by atoms with van der Waals surface area (Å²) >= 11 is 5.93. The average Bonchev–Trinajstić information content (AvgIpc) is 2.47. The molecule has 0 heterocycles. The zero-order valence-electron chi connectivity index (χ0n) is 11.6. The van der Waals surface area contributed by atoms with E-state index in [1.54, 1.807) is 0 Å². The number of halogens is 1. The third-order valence-corrected chi connectivity index (χ3v) is 3.26. The van der Waals surface area contributed by atoms with E-state index in [1.807, 2.05) is 0 Å². The van der Waals surface area contributed by atoms with E-state index in [1.165, 1.54) is 6.07 Å². The van der Waals surface area contributed by atoms with Crippen molar-refractivity contribution in [2.24, 2.45) is 0 Å². The normalized spacial score (nSPS) is 13.7. The summed E-state index contributed by atoms with van der Waals surface area (Å²) < 4.78 is 0. The molecule has 2 atom stereocenters. The topological polar surface area (TPSA) is 162 Å². The van der Waals surface area contributed by atoms with Gasteiger partial charge < -0.3 is 31.5 Å². The van der Waals surface area contributed by atoms with Gasteiger partial charge in [-0.15, -0.1) is 0 Å². The molecular formula is C12H18ClN3O6. The smallest absolute Gasteiger partial charge is 0.297 e. The highest BCUT2D eigenvalue weighted by Gasteiger charge is 2.26. The number of nitrogens with two attached hydrogens (primary N) is 1. The lowest BCUT2D eigenvalue weighted by atomic mass is 10.0. The molecule has 0 aromatic heterocycles. The van der Waals surface area contributed by atoms with Crippen molar-refractivity contribution in [2.75, 3.05) is 30.8 Å². The SMILES string of the molecule is Nc1c(Cl)cc(CC(O)CO)c([N+](=O)[O-])c1NCC(O)CO. The van der Waals surface area contributed by atoms with Crippen molar-refractivity contribution >= 4 is 28.7 Å². The van der Waals surface area contributed by atoms with E-state index < -0.39 is 36.0 Å². The minimum Gasteiger partial charge on any atom is -0.396 e. The second-order valence-corrected chi connectivity index (χ2v) is 5.08. The van der Waals surface area contributed by atoms with Crippen molar-refractivity contribution < 1.29 is 25.3 Å². The average molecular weight is 336 g/mol. The molecule has 2 unspecified atom stereocenters. The van der Waals surface area contributed by atoms with Gasteiger partial charge in [-0.25, -0.2) is 0 Å². The van der Waals surface area contributed by atoms with E-state index in [4.69, 9.17) is 27.5 Å². The van der Waals surface area contributed by atoms with Crippen LogP contribution in [0.15, 0.2) is 6.07 Å². The Morgan fingerprint density at radius 2 is 1.91 bits per heavy atom. The van der Waals surface area contributed by atoms with Crippen molar-refractivity contribution in [3.8, 4) is 0 Å². The van der Waals surface area contributed by atoms with E-state index in [0.29, 0.717) is 0 Å². The van der Waals surface area contributed by atoms with Crippen LogP contribution in [0, 0.1) is 10.1 Å². The number of aliphatic hydroxyl groups excluding tert-OH is 4. The molecular weight excluding hydrogens is 318 g/mol. The first-order valence-corrected chi connectivity index (χ1v) is 6.76. The molecule has 0 aliphatic rings. The third-order valence-electron chi connectivity index (χ3n) is 2.94. The van der Waals surface area contributed by atoms with Crippen LogP contribution < -0.4 is 11.1 Å². The van der Waals surface area contributed by atoms with Gasteiger partial charge in [-0.3, -0.25) is 10.1 Å². The highest BCUT2D eigenvalue weighted by molar-refractivity contribution is 6.34. The summed E-state index contributed by atoms with van der Waals surface area (Å²) in [4.78, 5) is 10.6. The number of aliphatic hydroxyl groups is 4. The number of nitrogens with one attached hydrogen (secondary N) is 1. The molecule has 0 saturated heterocycles. The van der Waals surface area contributed by atoms with Crippen molar-refractivity contribution in [3.63, 3.8) is 0 Å². The van der Waals surface area contributed by atoms with E-state index in [0.717, 1.165) is 0 Å². The van der Waals surface area contributed by atoms with Gasteiger partial charge in [-0.05, 0) is 6.07 Å². The van der Waals surface area contributed by atoms with Crippen LogP contribution in [0.3, 0.4) is 0 Å². The fourth-order valence-electron chi connectivity index (χ4n) is 1.85. The molecule has 0 amide bonds. The number of hydrogen-bond donors (Lipinski definition) is 6. The lowest BCUT2D eigenvalue weighted by Gasteiger charge is -2.16. The number of nitrogen functional groups attached to an aromatic ring is 1. The third kappa shape index (κ3) is 4.42. The zero-order valence-corrected chi connectivity index (χ0v) is 12.3. The Labute approximate surface area is 131 Å². The van der Waals surface area contributed by atoms with Crippen molar-refractivity contribution in [1.82, 2.24) is 0 Å². The second kappa shape index (κ2) is 8.11. The standard InChI is InChI=1S/C12H18ClN3O6/c13-9-2-6(1-7(19)4-17)12(16(21)22)11(10(9)14)15-3-8(20)5-18/h2,7-8,15,17-20H,1,3-5,14H2. The molecule has 0 saturated carbocycles. The molecule has 0 aliphatic heterocycles. The summed E-state index contributed by atoms with van der Waals surface area (Å²) in [7, 11) is 0. The summed E-state index contributed by atoms with van der Waals surface area (Å²) in [6.45, 7) is -1.27. The molecule has 0 fully saturated rings. The Bertz CT molecular complexity index is 542. The van der Waals surface area contributed by atoms with Crippen LogP contribution in [-0.4, -0.2) is 57.3 Å². The van der Waals surface area contributed by atoms with Crippen LogP contribution in [0.2, 0.25) is 5.02 Å². The molecule has 0 radical (unpaired) electrons. The molecule has 1 rings (SSSR count). The Balaban J connectivity index is 3.29. The number of hydrogen-bond acceptors (Lipinski definition) is 8. The van der Waals surface area contributed by atoms with E-state index in [9.17, 15) is 20.3 Å². The fourth-order valence-corrected chi connectivity index (χ4v) is 2.08. The first kappa shape index (κ1) is 18.4. The number of rotatable bonds is 8. The highest BCUT2D eigenvalue weighted by atomic mass is 35.5. The molecule has 7 N–H and O–H groups in total. The van der Waals surface area contributed by atoms with Gasteiger partial charge in [0.15, 0.2) is 0 Å². The van der Waals surface area contributed by atoms with Crippen molar-refractivity contribution in [2.45, 2.75) is 18.6 Å². The number of nitro benzene ring substituents is 1. The molecule has 0 spiro atoms. The number of nitrogens with zero attached hydrogens (tertiary/aromatic N) is 1. The summed E-state index contributed by atoms with van der Waals surface area (Å²) in [5.74, 6) is 0. The van der Waals surface area contributed by atoms with E-state index >= 15 is 0 Å². The second-order valence-electron chi connectivity index (χ2n) is 4.67. The van der Waals surface area contributed by atoms with Gasteiger partial charge in [0.1, 0.15) is 5.69 Å². The number of anilines is 2. The van der Waals surface area contributed by atoms with Crippen LogP contribution in [0.4, 0.5) is 17.1 Å². The Hall–Kier alpha value is -1.65. The molecule has 0 aliphatic carbocycles. The maximum absolute atomic E-state index is 11.3.